The Bertz CT molecular complexity index is 1620. The SMILES string of the molecule is O=C(O)[C@@H]1C2CCC(CC2)[C@H]1n1cc(-c2ccncc2)c2cnc(-c3c[nH]c4ncc(Cl)cc34)nc21. The van der Waals surface area contributed by atoms with Crippen LogP contribution in [-0.2, 0) is 4.79 Å². The highest BCUT2D eigenvalue weighted by Crippen LogP contribution is 2.52. The Hall–Kier alpha value is -3.78. The van der Waals surface area contributed by atoms with Crippen molar-refractivity contribution in [3.05, 3.63) is 60.4 Å². The maximum Gasteiger partial charge on any atom is 0.308 e. The van der Waals surface area contributed by atoms with E-state index in [0.717, 1.165) is 58.8 Å². The number of aromatic nitrogens is 6. The predicted molar refractivity (Wildman–Crippen MR) is 136 cm³/mol. The van der Waals surface area contributed by atoms with E-state index in [0.29, 0.717) is 22.4 Å². The van der Waals surface area contributed by atoms with E-state index in [1.807, 2.05) is 30.6 Å². The fourth-order valence-corrected chi connectivity index (χ4v) is 6.63. The van der Waals surface area contributed by atoms with Crippen LogP contribution < -0.4 is 0 Å². The minimum absolute atomic E-state index is 0.144. The Morgan fingerprint density at radius 1 is 1.03 bits per heavy atom. The van der Waals surface area contributed by atoms with Gasteiger partial charge in [0.05, 0.1) is 17.0 Å². The first-order chi connectivity index (χ1) is 17.6. The molecule has 5 aromatic heterocycles. The first-order valence-corrected chi connectivity index (χ1v) is 12.6. The molecule has 36 heavy (non-hydrogen) atoms. The molecule has 3 aliphatic rings. The van der Waals surface area contributed by atoms with Gasteiger partial charge in [0.25, 0.3) is 0 Å². The summed E-state index contributed by atoms with van der Waals surface area (Å²) in [6.07, 6.45) is 15.0. The van der Waals surface area contributed by atoms with Gasteiger partial charge in [0.2, 0.25) is 0 Å². The molecule has 3 fully saturated rings. The van der Waals surface area contributed by atoms with E-state index in [9.17, 15) is 9.90 Å². The summed E-state index contributed by atoms with van der Waals surface area (Å²) >= 11 is 6.23. The zero-order chi connectivity index (χ0) is 24.4. The number of fused-ring (bicyclic) bond motifs is 5. The van der Waals surface area contributed by atoms with Crippen LogP contribution in [0.2, 0.25) is 5.02 Å². The first kappa shape index (κ1) is 21.5. The normalized spacial score (nSPS) is 23.5. The zero-order valence-corrected chi connectivity index (χ0v) is 20.1. The largest absolute Gasteiger partial charge is 0.481 e. The summed E-state index contributed by atoms with van der Waals surface area (Å²) < 4.78 is 2.13. The molecule has 8 nitrogen and oxygen atoms in total. The first-order valence-electron chi connectivity index (χ1n) is 12.2. The van der Waals surface area contributed by atoms with Crippen LogP contribution in [0.1, 0.15) is 31.7 Å². The Kier molecular flexibility index (Phi) is 4.86. The number of nitrogens with one attached hydrogen (secondary N) is 1. The lowest BCUT2D eigenvalue weighted by molar-refractivity contribution is -0.151. The Morgan fingerprint density at radius 2 is 1.81 bits per heavy atom. The fourth-order valence-electron chi connectivity index (χ4n) is 6.48. The second kappa shape index (κ2) is 8.13. The van der Waals surface area contributed by atoms with Crippen LogP contribution in [0.5, 0.6) is 0 Å². The number of carboxylic acids is 1. The minimum atomic E-state index is -0.715. The molecule has 3 aliphatic carbocycles. The van der Waals surface area contributed by atoms with E-state index >= 15 is 0 Å². The van der Waals surface area contributed by atoms with Gasteiger partial charge in [-0.25, -0.2) is 15.0 Å². The molecule has 2 atom stereocenters. The van der Waals surface area contributed by atoms with Crippen LogP contribution in [-0.4, -0.2) is 40.6 Å². The highest BCUT2D eigenvalue weighted by Gasteiger charge is 2.48. The zero-order valence-electron chi connectivity index (χ0n) is 19.3. The second-order valence-corrected chi connectivity index (χ2v) is 10.3. The maximum absolute atomic E-state index is 12.5. The number of aliphatic carboxylic acids is 1. The van der Waals surface area contributed by atoms with Gasteiger partial charge < -0.3 is 14.7 Å². The molecule has 0 unspecified atom stereocenters. The Morgan fingerprint density at radius 3 is 2.58 bits per heavy atom. The monoisotopic (exact) mass is 498 g/mol. The average molecular weight is 499 g/mol. The van der Waals surface area contributed by atoms with Gasteiger partial charge in [0.15, 0.2) is 5.82 Å². The van der Waals surface area contributed by atoms with E-state index in [1.165, 1.54) is 0 Å². The van der Waals surface area contributed by atoms with Gasteiger partial charge in [-0.3, -0.25) is 9.78 Å². The molecule has 2 bridgehead atoms. The second-order valence-electron chi connectivity index (χ2n) is 9.90. The molecule has 0 radical (unpaired) electrons. The molecule has 5 heterocycles. The lowest BCUT2D eigenvalue weighted by Crippen LogP contribution is -2.44. The van der Waals surface area contributed by atoms with Crippen molar-refractivity contribution < 1.29 is 9.90 Å². The van der Waals surface area contributed by atoms with Crippen LogP contribution in [0.25, 0.3) is 44.6 Å². The van der Waals surface area contributed by atoms with Crippen molar-refractivity contribution in [1.29, 1.82) is 0 Å². The summed E-state index contributed by atoms with van der Waals surface area (Å²) in [4.78, 5) is 34.0. The Labute approximate surface area is 211 Å². The van der Waals surface area contributed by atoms with Crippen LogP contribution in [0.4, 0.5) is 0 Å². The lowest BCUT2D eigenvalue weighted by atomic mass is 9.61. The average Bonchev–Trinajstić information content (AvgIpc) is 3.50. The third-order valence-corrected chi connectivity index (χ3v) is 8.29. The number of halogens is 1. The summed E-state index contributed by atoms with van der Waals surface area (Å²) in [5.74, 6) is -0.0820. The predicted octanol–water partition coefficient (Wildman–Crippen LogP) is 5.75. The van der Waals surface area contributed by atoms with E-state index in [-0.39, 0.29) is 12.0 Å². The molecule has 0 spiro atoms. The summed E-state index contributed by atoms with van der Waals surface area (Å²) in [5, 5.41) is 12.5. The van der Waals surface area contributed by atoms with Gasteiger partial charge in [-0.15, -0.1) is 0 Å². The number of aromatic amines is 1. The van der Waals surface area contributed by atoms with Crippen molar-refractivity contribution in [3.8, 4) is 22.5 Å². The van der Waals surface area contributed by atoms with E-state index in [2.05, 4.69) is 25.7 Å². The molecule has 9 heteroatoms. The van der Waals surface area contributed by atoms with Crippen LogP contribution >= 0.6 is 11.6 Å². The molecule has 2 N–H and O–H groups in total. The molecular formula is C27H23ClN6O2. The highest BCUT2D eigenvalue weighted by atomic mass is 35.5. The summed E-state index contributed by atoms with van der Waals surface area (Å²) in [7, 11) is 0. The number of pyridine rings is 2. The number of hydrogen-bond donors (Lipinski definition) is 2. The number of rotatable bonds is 4. The number of H-pyrrole nitrogens is 1. The van der Waals surface area contributed by atoms with E-state index in [1.54, 1.807) is 18.6 Å². The third kappa shape index (κ3) is 3.24. The molecular weight excluding hydrogens is 476 g/mol. The quantitative estimate of drug-likeness (QED) is 0.326. The number of carboxylic acid groups (broad SMARTS) is 1. The van der Waals surface area contributed by atoms with Gasteiger partial charge >= 0.3 is 5.97 Å². The van der Waals surface area contributed by atoms with Crippen molar-refractivity contribution in [1.82, 2.24) is 29.5 Å². The number of carbonyl (C=O) groups is 1. The smallest absolute Gasteiger partial charge is 0.308 e. The van der Waals surface area contributed by atoms with Crippen molar-refractivity contribution >= 4 is 39.6 Å². The van der Waals surface area contributed by atoms with Crippen LogP contribution in [0.15, 0.2) is 55.4 Å². The molecule has 8 rings (SSSR count). The number of nitrogens with zero attached hydrogens (tertiary/aromatic N) is 5. The lowest BCUT2D eigenvalue weighted by Gasteiger charge is -2.47. The minimum Gasteiger partial charge on any atom is -0.481 e. The van der Waals surface area contributed by atoms with Gasteiger partial charge in [-0.2, -0.15) is 0 Å². The molecule has 180 valence electrons. The van der Waals surface area contributed by atoms with Gasteiger partial charge in [0.1, 0.15) is 11.3 Å². The van der Waals surface area contributed by atoms with E-state index < -0.39 is 11.9 Å². The van der Waals surface area contributed by atoms with Gasteiger partial charge in [-0.1, -0.05) is 11.6 Å². The van der Waals surface area contributed by atoms with Gasteiger partial charge in [0, 0.05) is 59.1 Å². The van der Waals surface area contributed by atoms with Gasteiger partial charge in [-0.05, 0) is 61.3 Å². The molecule has 0 aliphatic heterocycles. The molecule has 0 amide bonds. The molecule has 0 aromatic carbocycles. The van der Waals surface area contributed by atoms with Crippen LogP contribution in [0, 0.1) is 17.8 Å². The Balaban J connectivity index is 1.47. The number of hydrogen-bond acceptors (Lipinski definition) is 5. The van der Waals surface area contributed by atoms with Crippen molar-refractivity contribution in [2.75, 3.05) is 0 Å². The fraction of sp³-hybridized carbons (Fsp3) is 0.296. The standard InChI is InChI=1S/C27H23ClN6O2/c28-17-9-18-19(11-31-24(18)30-10-17)25-32-12-20-21(14-5-7-29-8-6-14)13-34(26(20)33-25)23-16-3-1-15(2-4-16)22(23)27(35)36/h5-13,15-16,22-23H,1-4H2,(H,30,31)(H,35,36)/t15?,16?,22-,23-/m1/s1. The van der Waals surface area contributed by atoms with E-state index in [4.69, 9.17) is 21.6 Å². The van der Waals surface area contributed by atoms with Crippen molar-refractivity contribution in [2.45, 2.75) is 31.7 Å². The maximum atomic E-state index is 12.5. The highest BCUT2D eigenvalue weighted by molar-refractivity contribution is 6.31. The van der Waals surface area contributed by atoms with Crippen molar-refractivity contribution in [2.24, 2.45) is 17.8 Å². The summed E-state index contributed by atoms with van der Waals surface area (Å²) in [6.45, 7) is 0. The topological polar surface area (TPSA) is 110 Å². The summed E-state index contributed by atoms with van der Waals surface area (Å²) in [5.41, 5.74) is 4.25. The molecule has 5 aromatic rings. The summed E-state index contributed by atoms with van der Waals surface area (Å²) in [6, 6.07) is 5.63. The van der Waals surface area contributed by atoms with Crippen molar-refractivity contribution in [3.63, 3.8) is 0 Å². The third-order valence-electron chi connectivity index (χ3n) is 8.08. The molecule has 3 saturated carbocycles. The van der Waals surface area contributed by atoms with Crippen LogP contribution in [0.3, 0.4) is 0 Å². The molecule has 0 saturated heterocycles.